The van der Waals surface area contributed by atoms with Crippen molar-refractivity contribution in [2.75, 3.05) is 6.54 Å². The van der Waals surface area contributed by atoms with Crippen LogP contribution >= 0.6 is 11.6 Å². The van der Waals surface area contributed by atoms with Gasteiger partial charge in [0.1, 0.15) is 0 Å². The molecule has 0 spiro atoms. The van der Waals surface area contributed by atoms with E-state index >= 15 is 0 Å². The Labute approximate surface area is 151 Å². The van der Waals surface area contributed by atoms with Crippen molar-refractivity contribution in [2.24, 2.45) is 0 Å². The molecular formula is C19H18ClN3O2. The second-order valence-electron chi connectivity index (χ2n) is 5.60. The predicted molar refractivity (Wildman–Crippen MR) is 96.2 cm³/mol. The lowest BCUT2D eigenvalue weighted by Crippen LogP contribution is -2.25. The summed E-state index contributed by atoms with van der Waals surface area (Å²) < 4.78 is 5.22. The highest BCUT2D eigenvalue weighted by atomic mass is 35.5. The number of carbonyl (C=O) groups excluding carboxylic acids is 1. The lowest BCUT2D eigenvalue weighted by atomic mass is 10.1. The van der Waals surface area contributed by atoms with E-state index in [1.165, 1.54) is 0 Å². The highest BCUT2D eigenvalue weighted by Gasteiger charge is 2.09. The van der Waals surface area contributed by atoms with Gasteiger partial charge in [0.15, 0.2) is 0 Å². The Morgan fingerprint density at radius 1 is 1.04 bits per heavy atom. The van der Waals surface area contributed by atoms with Gasteiger partial charge in [-0.05, 0) is 36.2 Å². The predicted octanol–water partition coefficient (Wildman–Crippen LogP) is 3.68. The largest absolute Gasteiger partial charge is 0.356 e. The lowest BCUT2D eigenvalue weighted by molar-refractivity contribution is -0.121. The number of halogens is 1. The van der Waals surface area contributed by atoms with Gasteiger partial charge < -0.3 is 9.84 Å². The summed E-state index contributed by atoms with van der Waals surface area (Å²) >= 11 is 5.86. The molecule has 0 radical (unpaired) electrons. The molecule has 0 fully saturated rings. The van der Waals surface area contributed by atoms with Crippen LogP contribution in [0.4, 0.5) is 0 Å². The highest BCUT2D eigenvalue weighted by Crippen LogP contribution is 2.18. The van der Waals surface area contributed by atoms with E-state index in [1.807, 2.05) is 42.5 Å². The van der Waals surface area contributed by atoms with Crippen molar-refractivity contribution in [3.05, 3.63) is 71.1 Å². The van der Waals surface area contributed by atoms with Gasteiger partial charge in [-0.15, -0.1) is 0 Å². The molecule has 128 valence electrons. The van der Waals surface area contributed by atoms with Crippen molar-refractivity contribution >= 4 is 17.5 Å². The second kappa shape index (κ2) is 8.44. The van der Waals surface area contributed by atoms with Crippen LogP contribution in [0.25, 0.3) is 11.4 Å². The molecule has 5 nitrogen and oxygen atoms in total. The molecule has 0 aliphatic rings. The van der Waals surface area contributed by atoms with Crippen molar-refractivity contribution < 1.29 is 9.32 Å². The summed E-state index contributed by atoms with van der Waals surface area (Å²) in [5, 5.41) is 7.48. The van der Waals surface area contributed by atoms with Crippen LogP contribution in [0.15, 0.2) is 59.1 Å². The molecule has 0 saturated heterocycles. The Morgan fingerprint density at radius 2 is 1.80 bits per heavy atom. The number of nitrogens with one attached hydrogen (secondary N) is 1. The van der Waals surface area contributed by atoms with E-state index < -0.39 is 0 Å². The quantitative estimate of drug-likeness (QED) is 0.702. The zero-order valence-corrected chi connectivity index (χ0v) is 14.4. The SMILES string of the molecule is O=C(CCc1ccccc1)NCCc1nc(-c2ccc(Cl)cc2)no1. The molecule has 2 aromatic carbocycles. The molecule has 0 aliphatic heterocycles. The standard InChI is InChI=1S/C19H18ClN3O2/c20-16-9-7-15(8-10-16)19-22-18(25-23-19)12-13-21-17(24)11-6-14-4-2-1-3-5-14/h1-5,7-10H,6,11-13H2,(H,21,24). The van der Waals surface area contributed by atoms with E-state index in [4.69, 9.17) is 16.1 Å². The zero-order chi connectivity index (χ0) is 17.5. The smallest absolute Gasteiger partial charge is 0.228 e. The Kier molecular flexibility index (Phi) is 5.80. The van der Waals surface area contributed by atoms with Crippen molar-refractivity contribution in [3.8, 4) is 11.4 Å². The fourth-order valence-corrected chi connectivity index (χ4v) is 2.50. The molecule has 0 saturated carbocycles. The topological polar surface area (TPSA) is 68.0 Å². The third-order valence-corrected chi connectivity index (χ3v) is 3.97. The molecule has 6 heteroatoms. The molecular weight excluding hydrogens is 338 g/mol. The first-order chi connectivity index (χ1) is 12.2. The lowest BCUT2D eigenvalue weighted by Gasteiger charge is -2.03. The number of aryl methyl sites for hydroxylation is 1. The van der Waals surface area contributed by atoms with Gasteiger partial charge in [-0.3, -0.25) is 4.79 Å². The summed E-state index contributed by atoms with van der Waals surface area (Å²) in [7, 11) is 0. The molecule has 1 amide bonds. The first-order valence-corrected chi connectivity index (χ1v) is 8.47. The maximum absolute atomic E-state index is 11.9. The minimum absolute atomic E-state index is 0.0151. The van der Waals surface area contributed by atoms with Crippen LogP contribution in [0.2, 0.25) is 5.02 Å². The van der Waals surface area contributed by atoms with E-state index in [0.29, 0.717) is 36.1 Å². The summed E-state index contributed by atoms with van der Waals surface area (Å²) in [4.78, 5) is 16.2. The molecule has 0 aliphatic carbocycles. The monoisotopic (exact) mass is 355 g/mol. The van der Waals surface area contributed by atoms with Crippen LogP contribution in [-0.4, -0.2) is 22.6 Å². The van der Waals surface area contributed by atoms with Gasteiger partial charge in [0.05, 0.1) is 0 Å². The fraction of sp³-hybridized carbons (Fsp3) is 0.211. The van der Waals surface area contributed by atoms with E-state index in [1.54, 1.807) is 12.1 Å². The summed E-state index contributed by atoms with van der Waals surface area (Å²) in [5.74, 6) is 1.02. The number of hydrogen-bond donors (Lipinski definition) is 1. The van der Waals surface area contributed by atoms with Crippen LogP contribution < -0.4 is 5.32 Å². The maximum atomic E-state index is 11.9. The van der Waals surface area contributed by atoms with Crippen LogP contribution in [-0.2, 0) is 17.6 Å². The molecule has 1 N–H and O–H groups in total. The van der Waals surface area contributed by atoms with Crippen molar-refractivity contribution in [3.63, 3.8) is 0 Å². The first-order valence-electron chi connectivity index (χ1n) is 8.10. The van der Waals surface area contributed by atoms with Crippen molar-refractivity contribution in [1.29, 1.82) is 0 Å². The van der Waals surface area contributed by atoms with Gasteiger partial charge in [-0.1, -0.05) is 47.1 Å². The number of benzene rings is 2. The van der Waals surface area contributed by atoms with Gasteiger partial charge in [0.25, 0.3) is 0 Å². The van der Waals surface area contributed by atoms with Crippen LogP contribution in [0.3, 0.4) is 0 Å². The number of hydrogen-bond acceptors (Lipinski definition) is 4. The van der Waals surface area contributed by atoms with Crippen LogP contribution in [0.1, 0.15) is 17.9 Å². The molecule has 3 aromatic rings. The number of amides is 1. The third kappa shape index (κ3) is 5.16. The minimum atomic E-state index is 0.0151. The average Bonchev–Trinajstić information content (AvgIpc) is 3.10. The molecule has 0 unspecified atom stereocenters. The summed E-state index contributed by atoms with van der Waals surface area (Å²) in [6.07, 6.45) is 1.69. The summed E-state index contributed by atoms with van der Waals surface area (Å²) in [6.45, 7) is 0.468. The molecule has 3 rings (SSSR count). The van der Waals surface area contributed by atoms with Crippen LogP contribution in [0, 0.1) is 0 Å². The number of nitrogens with zero attached hydrogens (tertiary/aromatic N) is 2. The second-order valence-corrected chi connectivity index (χ2v) is 6.04. The number of rotatable bonds is 7. The summed E-state index contributed by atoms with van der Waals surface area (Å²) in [6, 6.07) is 17.2. The maximum Gasteiger partial charge on any atom is 0.228 e. The number of aromatic nitrogens is 2. The Balaban J connectivity index is 1.43. The van der Waals surface area contributed by atoms with E-state index in [-0.39, 0.29) is 5.91 Å². The Bertz CT molecular complexity index is 816. The average molecular weight is 356 g/mol. The van der Waals surface area contributed by atoms with Gasteiger partial charge in [-0.25, -0.2) is 0 Å². The van der Waals surface area contributed by atoms with Crippen molar-refractivity contribution in [2.45, 2.75) is 19.3 Å². The fourth-order valence-electron chi connectivity index (χ4n) is 2.37. The van der Waals surface area contributed by atoms with Crippen molar-refractivity contribution in [1.82, 2.24) is 15.5 Å². The normalized spacial score (nSPS) is 10.6. The van der Waals surface area contributed by atoms with E-state index in [0.717, 1.165) is 17.5 Å². The Hall–Kier alpha value is -2.66. The molecule has 0 bridgehead atoms. The van der Waals surface area contributed by atoms with Crippen LogP contribution in [0.5, 0.6) is 0 Å². The third-order valence-electron chi connectivity index (χ3n) is 3.72. The van der Waals surface area contributed by atoms with Gasteiger partial charge >= 0.3 is 0 Å². The molecule has 1 heterocycles. The molecule has 1 aromatic heterocycles. The molecule has 0 atom stereocenters. The van der Waals surface area contributed by atoms with Gasteiger partial charge in [0.2, 0.25) is 17.6 Å². The highest BCUT2D eigenvalue weighted by molar-refractivity contribution is 6.30. The van der Waals surface area contributed by atoms with E-state index in [2.05, 4.69) is 15.5 Å². The molecule has 25 heavy (non-hydrogen) atoms. The number of carbonyl (C=O) groups is 1. The minimum Gasteiger partial charge on any atom is -0.356 e. The first kappa shape index (κ1) is 17.2. The van der Waals surface area contributed by atoms with Gasteiger partial charge in [0, 0.05) is 30.0 Å². The van der Waals surface area contributed by atoms with E-state index in [9.17, 15) is 4.79 Å². The Morgan fingerprint density at radius 3 is 2.56 bits per heavy atom. The summed E-state index contributed by atoms with van der Waals surface area (Å²) in [5.41, 5.74) is 1.99. The zero-order valence-electron chi connectivity index (χ0n) is 13.6. The van der Waals surface area contributed by atoms with Gasteiger partial charge in [-0.2, -0.15) is 4.98 Å².